The zero-order chi connectivity index (χ0) is 21.1. The molecular formula is C24H32N6. The van der Waals surface area contributed by atoms with Gasteiger partial charge in [-0.1, -0.05) is 12.1 Å². The first-order valence-electron chi connectivity index (χ1n) is 10.8. The van der Waals surface area contributed by atoms with Crippen LogP contribution < -0.4 is 9.80 Å². The van der Waals surface area contributed by atoms with Gasteiger partial charge in [0, 0.05) is 48.3 Å². The third-order valence-corrected chi connectivity index (χ3v) is 6.39. The van der Waals surface area contributed by atoms with Crippen molar-refractivity contribution in [2.45, 2.75) is 40.5 Å². The highest BCUT2D eigenvalue weighted by atomic mass is 15.4. The van der Waals surface area contributed by atoms with E-state index >= 15 is 0 Å². The highest BCUT2D eigenvalue weighted by Crippen LogP contribution is 2.29. The van der Waals surface area contributed by atoms with Crippen molar-refractivity contribution in [3.8, 4) is 0 Å². The number of aromatic nitrogens is 2. The second-order valence-electron chi connectivity index (χ2n) is 8.09. The van der Waals surface area contributed by atoms with Gasteiger partial charge in [0.1, 0.15) is 11.6 Å². The summed E-state index contributed by atoms with van der Waals surface area (Å²) in [6.45, 7) is 12.8. The van der Waals surface area contributed by atoms with Crippen LogP contribution in [-0.4, -0.2) is 46.2 Å². The summed E-state index contributed by atoms with van der Waals surface area (Å²) >= 11 is 0. The van der Waals surface area contributed by atoms with Crippen LogP contribution >= 0.6 is 0 Å². The van der Waals surface area contributed by atoms with Crippen LogP contribution in [0.5, 0.6) is 0 Å². The fraction of sp³-hybridized carbons (Fsp3) is 0.417. The molecule has 0 unspecified atom stereocenters. The molecule has 6 nitrogen and oxygen atoms in total. The van der Waals surface area contributed by atoms with E-state index in [4.69, 9.17) is 0 Å². The van der Waals surface area contributed by atoms with Gasteiger partial charge in [-0.2, -0.15) is 0 Å². The zero-order valence-corrected chi connectivity index (χ0v) is 18.5. The second kappa shape index (κ2) is 8.78. The minimum Gasteiger partial charge on any atom is -0.356 e. The van der Waals surface area contributed by atoms with E-state index in [9.17, 15) is 0 Å². The molecule has 0 atom stereocenters. The van der Waals surface area contributed by atoms with E-state index in [1.807, 2.05) is 24.5 Å². The molecule has 2 aliphatic heterocycles. The number of anilines is 2. The van der Waals surface area contributed by atoms with Crippen LogP contribution in [0.2, 0.25) is 0 Å². The third kappa shape index (κ3) is 3.99. The van der Waals surface area contributed by atoms with E-state index in [1.54, 1.807) is 0 Å². The maximum atomic E-state index is 4.52. The molecule has 0 fully saturated rings. The standard InChI is InChI=1S/C24H32N6/c1-19-21(3)29(23-11-5-7-13-25-23)17-27(19)15-9-10-16-28-18-30(22(4)20(28)2)24-12-6-8-14-26-24/h5-8,11-14H,9-10,15-18H2,1-4H3. The van der Waals surface area contributed by atoms with Gasteiger partial charge in [-0.3, -0.25) is 0 Å². The van der Waals surface area contributed by atoms with Crippen molar-refractivity contribution < 1.29 is 0 Å². The molecule has 2 aromatic rings. The first-order chi connectivity index (χ1) is 14.6. The second-order valence-corrected chi connectivity index (χ2v) is 8.09. The normalized spacial score (nSPS) is 17.1. The summed E-state index contributed by atoms with van der Waals surface area (Å²) in [5.74, 6) is 2.06. The molecule has 0 aliphatic carbocycles. The third-order valence-electron chi connectivity index (χ3n) is 6.39. The largest absolute Gasteiger partial charge is 0.356 e. The van der Waals surface area contributed by atoms with Gasteiger partial charge in [-0.25, -0.2) is 9.97 Å². The Morgan fingerprint density at radius 2 is 1.07 bits per heavy atom. The number of allylic oxidation sites excluding steroid dienone is 4. The lowest BCUT2D eigenvalue weighted by atomic mass is 10.2. The van der Waals surface area contributed by atoms with Crippen LogP contribution in [0.15, 0.2) is 71.6 Å². The summed E-state index contributed by atoms with van der Waals surface area (Å²) in [7, 11) is 0. The van der Waals surface area contributed by atoms with Crippen LogP contribution in [0, 0.1) is 0 Å². The Morgan fingerprint density at radius 3 is 1.43 bits per heavy atom. The molecule has 4 heterocycles. The van der Waals surface area contributed by atoms with Crippen LogP contribution in [0.25, 0.3) is 0 Å². The molecule has 2 aliphatic rings. The number of unbranched alkanes of at least 4 members (excludes halogenated alkanes) is 1. The molecule has 0 saturated heterocycles. The minimum absolute atomic E-state index is 0.893. The number of nitrogens with zero attached hydrogens (tertiary/aromatic N) is 6. The molecule has 2 aromatic heterocycles. The van der Waals surface area contributed by atoms with Crippen molar-refractivity contribution in [3.63, 3.8) is 0 Å². The van der Waals surface area contributed by atoms with Gasteiger partial charge in [-0.15, -0.1) is 0 Å². The summed E-state index contributed by atoms with van der Waals surface area (Å²) in [6.07, 6.45) is 6.08. The Hall–Kier alpha value is -3.02. The Morgan fingerprint density at radius 1 is 0.633 bits per heavy atom. The summed E-state index contributed by atoms with van der Waals surface area (Å²) in [5.41, 5.74) is 5.31. The van der Waals surface area contributed by atoms with Crippen molar-refractivity contribution in [2.24, 2.45) is 0 Å². The van der Waals surface area contributed by atoms with Crippen molar-refractivity contribution >= 4 is 11.6 Å². The Bertz CT molecular complexity index is 844. The van der Waals surface area contributed by atoms with Gasteiger partial charge in [0.15, 0.2) is 0 Å². The Labute approximate surface area is 180 Å². The predicted octanol–water partition coefficient (Wildman–Crippen LogP) is 4.62. The topological polar surface area (TPSA) is 38.7 Å². The van der Waals surface area contributed by atoms with Crippen LogP contribution in [0.4, 0.5) is 11.6 Å². The van der Waals surface area contributed by atoms with E-state index in [0.717, 1.165) is 38.1 Å². The van der Waals surface area contributed by atoms with Crippen molar-refractivity contribution in [1.82, 2.24) is 19.8 Å². The summed E-state index contributed by atoms with van der Waals surface area (Å²) < 4.78 is 0. The zero-order valence-electron chi connectivity index (χ0n) is 18.5. The minimum atomic E-state index is 0.893. The van der Waals surface area contributed by atoms with E-state index < -0.39 is 0 Å². The molecule has 6 heteroatoms. The maximum Gasteiger partial charge on any atom is 0.134 e. The SMILES string of the molecule is CC1=C(C)N(c2ccccn2)CN1CCCCN1CN(c2ccccn2)C(C)=C1C. The number of hydrogen-bond acceptors (Lipinski definition) is 6. The smallest absolute Gasteiger partial charge is 0.134 e. The van der Waals surface area contributed by atoms with Crippen molar-refractivity contribution in [2.75, 3.05) is 36.2 Å². The average Bonchev–Trinajstić information content (AvgIpc) is 3.23. The van der Waals surface area contributed by atoms with Crippen LogP contribution in [-0.2, 0) is 0 Å². The molecule has 0 bridgehead atoms. The van der Waals surface area contributed by atoms with Crippen LogP contribution in [0.3, 0.4) is 0 Å². The fourth-order valence-corrected chi connectivity index (χ4v) is 4.21. The number of pyridine rings is 2. The molecule has 0 saturated carbocycles. The van der Waals surface area contributed by atoms with Gasteiger partial charge in [0.05, 0.1) is 13.3 Å². The highest BCUT2D eigenvalue weighted by molar-refractivity contribution is 5.49. The Kier molecular flexibility index (Phi) is 5.93. The van der Waals surface area contributed by atoms with Crippen molar-refractivity contribution in [3.05, 3.63) is 71.6 Å². The first-order valence-corrected chi connectivity index (χ1v) is 10.8. The summed E-state index contributed by atoms with van der Waals surface area (Å²) in [5, 5.41) is 0. The summed E-state index contributed by atoms with van der Waals surface area (Å²) in [6, 6.07) is 12.2. The van der Waals surface area contributed by atoms with Gasteiger partial charge < -0.3 is 19.6 Å². The molecule has 0 amide bonds. The molecule has 30 heavy (non-hydrogen) atoms. The number of hydrogen-bond donors (Lipinski definition) is 0. The number of rotatable bonds is 7. The van der Waals surface area contributed by atoms with E-state index in [-0.39, 0.29) is 0 Å². The first kappa shape index (κ1) is 20.3. The maximum absolute atomic E-state index is 4.52. The Balaban J connectivity index is 1.28. The molecule has 0 spiro atoms. The summed E-state index contributed by atoms with van der Waals surface area (Å²) in [4.78, 5) is 18.6. The molecular weight excluding hydrogens is 372 g/mol. The molecule has 0 N–H and O–H groups in total. The lowest BCUT2D eigenvalue weighted by Gasteiger charge is -2.25. The predicted molar refractivity (Wildman–Crippen MR) is 123 cm³/mol. The molecule has 0 aromatic carbocycles. The lowest BCUT2D eigenvalue weighted by Crippen LogP contribution is -2.30. The monoisotopic (exact) mass is 404 g/mol. The van der Waals surface area contributed by atoms with E-state index in [2.05, 4.69) is 81.5 Å². The van der Waals surface area contributed by atoms with Gasteiger partial charge in [0.2, 0.25) is 0 Å². The van der Waals surface area contributed by atoms with E-state index in [0.29, 0.717) is 0 Å². The van der Waals surface area contributed by atoms with Crippen molar-refractivity contribution in [1.29, 1.82) is 0 Å². The average molecular weight is 405 g/mol. The fourth-order valence-electron chi connectivity index (χ4n) is 4.21. The van der Waals surface area contributed by atoms with Crippen LogP contribution in [0.1, 0.15) is 40.5 Å². The lowest BCUT2D eigenvalue weighted by molar-refractivity contribution is 0.329. The molecule has 158 valence electrons. The van der Waals surface area contributed by atoms with Gasteiger partial charge in [0.25, 0.3) is 0 Å². The van der Waals surface area contributed by atoms with Gasteiger partial charge >= 0.3 is 0 Å². The molecule has 4 rings (SSSR count). The highest BCUT2D eigenvalue weighted by Gasteiger charge is 2.26. The molecule has 0 radical (unpaired) electrons. The quantitative estimate of drug-likeness (QED) is 0.627. The van der Waals surface area contributed by atoms with Gasteiger partial charge in [-0.05, 0) is 64.8 Å². The van der Waals surface area contributed by atoms with E-state index in [1.165, 1.54) is 35.6 Å².